The first kappa shape index (κ1) is 53.8. The van der Waals surface area contributed by atoms with Crippen molar-refractivity contribution in [2.75, 3.05) is 6.61 Å². The van der Waals surface area contributed by atoms with E-state index in [4.69, 9.17) is 0 Å². The number of aliphatic hydroxyl groups excluding tert-OH is 2. The number of nitrogens with one attached hydrogen (secondary N) is 1. The molecule has 0 saturated heterocycles. The summed E-state index contributed by atoms with van der Waals surface area (Å²) >= 11 is 0. The number of carbonyl (C=O) groups is 1. The molecule has 2 atom stereocenters. The molecular weight excluding hydrogens is 687 g/mol. The van der Waals surface area contributed by atoms with Gasteiger partial charge in [0.25, 0.3) is 0 Å². The lowest BCUT2D eigenvalue weighted by Crippen LogP contribution is -2.45. The van der Waals surface area contributed by atoms with Crippen molar-refractivity contribution in [1.82, 2.24) is 5.32 Å². The monoisotopic (exact) mass is 780 g/mol. The van der Waals surface area contributed by atoms with Gasteiger partial charge in [-0.25, -0.2) is 0 Å². The van der Waals surface area contributed by atoms with Gasteiger partial charge < -0.3 is 15.5 Å². The molecular formula is C52H93NO3. The molecule has 3 N–H and O–H groups in total. The third-order valence-corrected chi connectivity index (χ3v) is 10.7. The lowest BCUT2D eigenvalue weighted by Gasteiger charge is -2.19. The molecule has 0 fully saturated rings. The summed E-state index contributed by atoms with van der Waals surface area (Å²) in [4.78, 5) is 12.4. The fourth-order valence-corrected chi connectivity index (χ4v) is 7.01. The first-order chi connectivity index (χ1) is 27.7. The number of amides is 1. The Morgan fingerprint density at radius 2 is 0.804 bits per heavy atom. The second-order valence-corrected chi connectivity index (χ2v) is 16.1. The van der Waals surface area contributed by atoms with Gasteiger partial charge in [0, 0.05) is 6.42 Å². The van der Waals surface area contributed by atoms with Crippen molar-refractivity contribution in [1.29, 1.82) is 0 Å². The van der Waals surface area contributed by atoms with E-state index >= 15 is 0 Å². The zero-order valence-corrected chi connectivity index (χ0v) is 37.1. The Labute approximate surface area is 349 Å². The normalized spacial score (nSPS) is 13.6. The van der Waals surface area contributed by atoms with Gasteiger partial charge >= 0.3 is 0 Å². The van der Waals surface area contributed by atoms with E-state index in [0.717, 1.165) is 77.0 Å². The molecule has 2 unspecified atom stereocenters. The maximum atomic E-state index is 12.4. The first-order valence-corrected chi connectivity index (χ1v) is 24.2. The van der Waals surface area contributed by atoms with Gasteiger partial charge in [0.05, 0.1) is 18.8 Å². The quantitative estimate of drug-likeness (QED) is 0.0426. The Balaban J connectivity index is 3.60. The molecule has 4 nitrogen and oxygen atoms in total. The van der Waals surface area contributed by atoms with Crippen molar-refractivity contribution < 1.29 is 15.0 Å². The Bertz CT molecular complexity index is 977. The van der Waals surface area contributed by atoms with Gasteiger partial charge in [-0.3, -0.25) is 4.79 Å². The second-order valence-electron chi connectivity index (χ2n) is 16.1. The molecule has 0 radical (unpaired) electrons. The van der Waals surface area contributed by atoms with Crippen LogP contribution in [0.2, 0.25) is 0 Å². The van der Waals surface area contributed by atoms with Crippen LogP contribution in [0, 0.1) is 0 Å². The SMILES string of the molecule is CC/C=C\C/C=C\C/C=C\C/C=C\CCCCCCC(=O)NC(CO)C(O)/C=C/CC/C=C/CCCCCCCCCCCCCCCCCCCCCCC. The molecule has 0 aliphatic rings. The summed E-state index contributed by atoms with van der Waals surface area (Å²) in [5.41, 5.74) is 0. The summed E-state index contributed by atoms with van der Waals surface area (Å²) in [6, 6.07) is -0.656. The Morgan fingerprint density at radius 1 is 0.446 bits per heavy atom. The van der Waals surface area contributed by atoms with E-state index in [2.05, 4.69) is 79.9 Å². The molecule has 0 aromatic heterocycles. The van der Waals surface area contributed by atoms with Crippen LogP contribution in [0.5, 0.6) is 0 Å². The fourth-order valence-electron chi connectivity index (χ4n) is 7.01. The van der Waals surface area contributed by atoms with Gasteiger partial charge in [0.1, 0.15) is 0 Å². The number of rotatable bonds is 43. The molecule has 0 bridgehead atoms. The van der Waals surface area contributed by atoms with Gasteiger partial charge in [0.2, 0.25) is 5.91 Å². The molecule has 0 aliphatic heterocycles. The predicted molar refractivity (Wildman–Crippen MR) is 248 cm³/mol. The third kappa shape index (κ3) is 43.0. The summed E-state index contributed by atoms with van der Waals surface area (Å²) in [5.74, 6) is -0.0985. The Kier molecular flexibility index (Phi) is 45.4. The van der Waals surface area contributed by atoms with Gasteiger partial charge in [-0.15, -0.1) is 0 Å². The number of aliphatic hydroxyl groups is 2. The Hall–Kier alpha value is -2.17. The van der Waals surface area contributed by atoms with Crippen molar-refractivity contribution in [3.05, 3.63) is 72.9 Å². The molecule has 0 aromatic rings. The zero-order chi connectivity index (χ0) is 40.7. The van der Waals surface area contributed by atoms with E-state index in [1.54, 1.807) is 6.08 Å². The summed E-state index contributed by atoms with van der Waals surface area (Å²) in [7, 11) is 0. The van der Waals surface area contributed by atoms with Crippen LogP contribution in [0.25, 0.3) is 0 Å². The molecule has 324 valence electrons. The largest absolute Gasteiger partial charge is 0.394 e. The standard InChI is InChI=1S/C52H93NO3/c1-3-5-7-9-11-13-15-17-19-21-22-23-24-25-26-27-28-29-30-32-33-35-37-39-41-43-45-47-51(55)50(49-54)53-52(56)48-46-44-42-40-38-36-34-31-20-18-16-14-12-10-8-6-4-2/h6,8,12,14,18,20,34,36-37,39,45,47,50-51,54-55H,3-5,7,9-11,13,15-17,19,21-33,35,38,40-44,46,48-49H2,1-2H3,(H,53,56)/b8-6-,14-12-,20-18-,36-34-,39-37+,47-45+. The van der Waals surface area contributed by atoms with Gasteiger partial charge in [0.15, 0.2) is 0 Å². The van der Waals surface area contributed by atoms with Crippen molar-refractivity contribution in [2.45, 2.75) is 244 Å². The fraction of sp³-hybridized carbons (Fsp3) is 0.750. The molecule has 4 heteroatoms. The minimum Gasteiger partial charge on any atom is -0.394 e. The highest BCUT2D eigenvalue weighted by molar-refractivity contribution is 5.76. The summed E-state index contributed by atoms with van der Waals surface area (Å²) in [5, 5.41) is 23.0. The van der Waals surface area contributed by atoms with Crippen LogP contribution in [0.15, 0.2) is 72.9 Å². The molecule has 1 amide bonds. The van der Waals surface area contributed by atoms with Gasteiger partial charge in [-0.2, -0.15) is 0 Å². The highest BCUT2D eigenvalue weighted by atomic mass is 16.3. The van der Waals surface area contributed by atoms with Crippen LogP contribution in [0.4, 0.5) is 0 Å². The van der Waals surface area contributed by atoms with Crippen LogP contribution in [0.3, 0.4) is 0 Å². The number of allylic oxidation sites excluding steroid dienone is 11. The van der Waals surface area contributed by atoms with E-state index in [1.807, 2.05) is 6.08 Å². The van der Waals surface area contributed by atoms with E-state index in [9.17, 15) is 15.0 Å². The molecule has 0 aromatic carbocycles. The summed E-state index contributed by atoms with van der Waals surface area (Å²) in [6.45, 7) is 4.18. The van der Waals surface area contributed by atoms with Crippen LogP contribution in [0.1, 0.15) is 232 Å². The second kappa shape index (κ2) is 47.2. The lowest BCUT2D eigenvalue weighted by molar-refractivity contribution is -0.123. The maximum absolute atomic E-state index is 12.4. The van der Waals surface area contributed by atoms with Crippen molar-refractivity contribution in [3.8, 4) is 0 Å². The molecule has 0 spiro atoms. The van der Waals surface area contributed by atoms with Crippen LogP contribution in [-0.4, -0.2) is 34.9 Å². The number of hydrogen-bond acceptors (Lipinski definition) is 3. The minimum atomic E-state index is -0.877. The molecule has 0 heterocycles. The topological polar surface area (TPSA) is 69.6 Å². The molecule has 0 aliphatic carbocycles. The highest BCUT2D eigenvalue weighted by Crippen LogP contribution is 2.16. The van der Waals surface area contributed by atoms with Crippen LogP contribution < -0.4 is 5.32 Å². The average molecular weight is 780 g/mol. The van der Waals surface area contributed by atoms with Crippen LogP contribution in [-0.2, 0) is 4.79 Å². The highest BCUT2D eigenvalue weighted by Gasteiger charge is 2.17. The number of unbranched alkanes of at least 4 members (excludes halogenated alkanes) is 26. The lowest BCUT2D eigenvalue weighted by atomic mass is 10.0. The predicted octanol–water partition coefficient (Wildman–Crippen LogP) is 15.5. The molecule has 0 saturated carbocycles. The zero-order valence-electron chi connectivity index (χ0n) is 37.1. The third-order valence-electron chi connectivity index (χ3n) is 10.7. The van der Waals surface area contributed by atoms with E-state index in [-0.39, 0.29) is 12.5 Å². The number of hydrogen-bond donors (Lipinski definition) is 3. The summed E-state index contributed by atoms with van der Waals surface area (Å²) in [6.07, 6.45) is 67.5. The molecule has 0 rings (SSSR count). The van der Waals surface area contributed by atoms with Crippen molar-refractivity contribution >= 4 is 5.91 Å². The maximum Gasteiger partial charge on any atom is 0.220 e. The number of carbonyl (C=O) groups excluding carboxylic acids is 1. The van der Waals surface area contributed by atoms with E-state index in [1.165, 1.54) is 135 Å². The minimum absolute atomic E-state index is 0.0985. The Morgan fingerprint density at radius 3 is 1.25 bits per heavy atom. The average Bonchev–Trinajstić information content (AvgIpc) is 3.20. The van der Waals surface area contributed by atoms with Crippen LogP contribution >= 0.6 is 0 Å². The van der Waals surface area contributed by atoms with Crippen molar-refractivity contribution in [2.24, 2.45) is 0 Å². The first-order valence-electron chi connectivity index (χ1n) is 24.2. The summed E-state index contributed by atoms with van der Waals surface area (Å²) < 4.78 is 0. The van der Waals surface area contributed by atoms with E-state index in [0.29, 0.717) is 6.42 Å². The molecule has 56 heavy (non-hydrogen) atoms. The smallest absolute Gasteiger partial charge is 0.220 e. The van der Waals surface area contributed by atoms with Gasteiger partial charge in [-0.05, 0) is 70.6 Å². The van der Waals surface area contributed by atoms with Gasteiger partial charge in [-0.1, -0.05) is 228 Å². The van der Waals surface area contributed by atoms with Crippen molar-refractivity contribution in [3.63, 3.8) is 0 Å². The van der Waals surface area contributed by atoms with E-state index < -0.39 is 12.1 Å².